The van der Waals surface area contributed by atoms with Crippen LogP contribution in [-0.4, -0.2) is 11.9 Å². The molecule has 1 N–H and O–H groups in total. The van der Waals surface area contributed by atoms with Crippen LogP contribution in [0.15, 0.2) is 22.7 Å². The third-order valence-electron chi connectivity index (χ3n) is 3.97. The molecule has 106 valence electrons. The lowest BCUT2D eigenvalue weighted by atomic mass is 9.84. The van der Waals surface area contributed by atoms with E-state index in [4.69, 9.17) is 0 Å². The van der Waals surface area contributed by atoms with Crippen molar-refractivity contribution in [2.45, 2.75) is 45.1 Å². The van der Waals surface area contributed by atoms with Crippen molar-refractivity contribution >= 4 is 21.8 Å². The van der Waals surface area contributed by atoms with Gasteiger partial charge in [0.25, 0.3) is 5.91 Å². The van der Waals surface area contributed by atoms with Crippen molar-refractivity contribution in [1.29, 1.82) is 5.26 Å². The van der Waals surface area contributed by atoms with Crippen molar-refractivity contribution in [3.05, 3.63) is 33.8 Å². The van der Waals surface area contributed by atoms with Gasteiger partial charge in [-0.25, -0.2) is 0 Å². The molecule has 3 nitrogen and oxygen atoms in total. The number of benzene rings is 1. The van der Waals surface area contributed by atoms with Crippen molar-refractivity contribution in [3.8, 4) is 6.07 Å². The largest absolute Gasteiger partial charge is 0.336 e. The molecule has 0 aromatic heterocycles. The molecule has 0 bridgehead atoms. The molecule has 4 heteroatoms. The van der Waals surface area contributed by atoms with Crippen LogP contribution in [0, 0.1) is 24.2 Å². The Morgan fingerprint density at radius 2 is 2.10 bits per heavy atom. The van der Waals surface area contributed by atoms with Crippen LogP contribution in [0.3, 0.4) is 0 Å². The van der Waals surface area contributed by atoms with Gasteiger partial charge in [0.15, 0.2) is 0 Å². The summed E-state index contributed by atoms with van der Waals surface area (Å²) in [6.07, 6.45) is 5.65. The Morgan fingerprint density at radius 1 is 1.40 bits per heavy atom. The quantitative estimate of drug-likeness (QED) is 0.909. The molecule has 0 radical (unpaired) electrons. The van der Waals surface area contributed by atoms with Gasteiger partial charge < -0.3 is 5.32 Å². The maximum atomic E-state index is 12.2. The highest BCUT2D eigenvalue weighted by atomic mass is 79.9. The molecule has 1 unspecified atom stereocenters. The minimum atomic E-state index is -0.369. The van der Waals surface area contributed by atoms with E-state index in [-0.39, 0.29) is 11.9 Å². The van der Waals surface area contributed by atoms with Gasteiger partial charge in [-0.05, 0) is 49.4 Å². The molecule has 1 aromatic carbocycles. The summed E-state index contributed by atoms with van der Waals surface area (Å²) < 4.78 is 0.984. The second kappa shape index (κ2) is 6.90. The molecule has 0 heterocycles. The highest BCUT2D eigenvalue weighted by Gasteiger charge is 2.25. The van der Waals surface area contributed by atoms with E-state index < -0.39 is 0 Å². The lowest BCUT2D eigenvalue weighted by Gasteiger charge is -2.26. The number of nitrogens with one attached hydrogen (secondary N) is 1. The minimum Gasteiger partial charge on any atom is -0.336 e. The van der Waals surface area contributed by atoms with E-state index in [0.717, 1.165) is 35.7 Å². The monoisotopic (exact) mass is 334 g/mol. The Hall–Kier alpha value is -1.34. The van der Waals surface area contributed by atoms with Gasteiger partial charge in [-0.15, -0.1) is 0 Å². The normalized spacial score (nSPS) is 17.2. The van der Waals surface area contributed by atoms with Crippen LogP contribution in [-0.2, 0) is 0 Å². The van der Waals surface area contributed by atoms with Gasteiger partial charge in [0.2, 0.25) is 0 Å². The topological polar surface area (TPSA) is 52.9 Å². The van der Waals surface area contributed by atoms with Gasteiger partial charge in [0.1, 0.15) is 6.04 Å². The maximum absolute atomic E-state index is 12.2. The molecule has 0 aliphatic heterocycles. The van der Waals surface area contributed by atoms with Gasteiger partial charge in [-0.3, -0.25) is 4.79 Å². The van der Waals surface area contributed by atoms with Crippen molar-refractivity contribution in [2.75, 3.05) is 0 Å². The summed E-state index contributed by atoms with van der Waals surface area (Å²) in [5.41, 5.74) is 1.63. The van der Waals surface area contributed by atoms with Crippen LogP contribution in [0.25, 0.3) is 0 Å². The predicted octanol–water partition coefficient (Wildman–Crippen LogP) is 3.96. The highest BCUT2D eigenvalue weighted by molar-refractivity contribution is 9.10. The highest BCUT2D eigenvalue weighted by Crippen LogP contribution is 2.26. The number of hydrogen-bond donors (Lipinski definition) is 1. The maximum Gasteiger partial charge on any atom is 0.252 e. The number of amides is 1. The number of nitrogens with zero attached hydrogens (tertiary/aromatic N) is 1. The Labute approximate surface area is 128 Å². The molecule has 0 saturated heterocycles. The minimum absolute atomic E-state index is 0.155. The summed E-state index contributed by atoms with van der Waals surface area (Å²) in [4.78, 5) is 12.2. The Kier molecular flexibility index (Phi) is 5.19. The van der Waals surface area contributed by atoms with Crippen molar-refractivity contribution in [2.24, 2.45) is 5.92 Å². The smallest absolute Gasteiger partial charge is 0.252 e. The molecular formula is C16H19BrN2O. The number of halogens is 1. The van der Waals surface area contributed by atoms with Gasteiger partial charge in [0.05, 0.1) is 6.07 Å². The van der Waals surface area contributed by atoms with Crippen LogP contribution in [0.4, 0.5) is 0 Å². The van der Waals surface area contributed by atoms with Crippen LogP contribution < -0.4 is 5.32 Å². The zero-order valence-electron chi connectivity index (χ0n) is 11.7. The summed E-state index contributed by atoms with van der Waals surface area (Å²) >= 11 is 3.42. The van der Waals surface area contributed by atoms with Crippen molar-refractivity contribution < 1.29 is 4.79 Å². The number of nitriles is 1. The van der Waals surface area contributed by atoms with Crippen LogP contribution in [0.5, 0.6) is 0 Å². The van der Waals surface area contributed by atoms with Crippen LogP contribution >= 0.6 is 15.9 Å². The fourth-order valence-electron chi connectivity index (χ4n) is 2.73. The first-order valence-electron chi connectivity index (χ1n) is 7.08. The van der Waals surface area contributed by atoms with E-state index >= 15 is 0 Å². The van der Waals surface area contributed by atoms with Gasteiger partial charge in [-0.1, -0.05) is 35.2 Å². The Morgan fingerprint density at radius 3 is 2.70 bits per heavy atom. The number of carbonyl (C=O) groups excluding carboxylic acids is 1. The van der Waals surface area contributed by atoms with E-state index in [1.165, 1.54) is 6.42 Å². The lowest BCUT2D eigenvalue weighted by Crippen LogP contribution is -2.40. The molecular weight excluding hydrogens is 316 g/mol. The SMILES string of the molecule is Cc1cc(C(=O)NC(C#N)C2CCCCC2)ccc1Br. The average molecular weight is 335 g/mol. The molecule has 1 fully saturated rings. The summed E-state index contributed by atoms with van der Waals surface area (Å²) in [6, 6.07) is 7.38. The van der Waals surface area contributed by atoms with Gasteiger partial charge in [0, 0.05) is 10.0 Å². The number of hydrogen-bond acceptors (Lipinski definition) is 2. The zero-order chi connectivity index (χ0) is 14.5. The third-order valence-corrected chi connectivity index (χ3v) is 4.86. The first kappa shape index (κ1) is 15.1. The zero-order valence-corrected chi connectivity index (χ0v) is 13.2. The first-order valence-corrected chi connectivity index (χ1v) is 7.87. The van der Waals surface area contributed by atoms with E-state index in [0.29, 0.717) is 11.5 Å². The van der Waals surface area contributed by atoms with E-state index in [1.54, 1.807) is 6.07 Å². The molecule has 1 atom stereocenters. The molecule has 1 aliphatic rings. The molecule has 1 aliphatic carbocycles. The molecule has 2 rings (SSSR count). The van der Waals surface area contributed by atoms with Crippen LogP contribution in [0.1, 0.15) is 48.0 Å². The Bertz CT molecular complexity index is 530. The van der Waals surface area contributed by atoms with E-state index in [9.17, 15) is 10.1 Å². The molecule has 20 heavy (non-hydrogen) atoms. The first-order chi connectivity index (χ1) is 9.61. The van der Waals surface area contributed by atoms with E-state index in [1.807, 2.05) is 19.1 Å². The lowest BCUT2D eigenvalue weighted by molar-refractivity contribution is 0.0929. The summed E-state index contributed by atoms with van der Waals surface area (Å²) in [5, 5.41) is 12.2. The van der Waals surface area contributed by atoms with E-state index in [2.05, 4.69) is 27.3 Å². The molecule has 0 spiro atoms. The summed E-state index contributed by atoms with van der Waals surface area (Å²) in [5.74, 6) is 0.145. The molecule has 1 amide bonds. The number of rotatable bonds is 3. The summed E-state index contributed by atoms with van der Waals surface area (Å²) in [6.45, 7) is 1.95. The fraction of sp³-hybridized carbons (Fsp3) is 0.500. The molecule has 1 aromatic rings. The van der Waals surface area contributed by atoms with Crippen LogP contribution in [0.2, 0.25) is 0 Å². The predicted molar refractivity (Wildman–Crippen MR) is 82.3 cm³/mol. The number of aryl methyl sites for hydroxylation is 1. The standard InChI is InChI=1S/C16H19BrN2O/c1-11-9-13(7-8-14(11)17)16(20)19-15(10-18)12-5-3-2-4-6-12/h7-9,12,15H,2-6H2,1H3,(H,19,20). The Balaban J connectivity index is 2.05. The van der Waals surface area contributed by atoms with Gasteiger partial charge in [-0.2, -0.15) is 5.26 Å². The molecule has 1 saturated carbocycles. The number of carbonyl (C=O) groups is 1. The fourth-order valence-corrected chi connectivity index (χ4v) is 2.98. The van der Waals surface area contributed by atoms with Crippen molar-refractivity contribution in [3.63, 3.8) is 0 Å². The second-order valence-corrected chi connectivity index (χ2v) is 6.30. The van der Waals surface area contributed by atoms with Gasteiger partial charge >= 0.3 is 0 Å². The summed E-state index contributed by atoms with van der Waals surface area (Å²) in [7, 11) is 0. The van der Waals surface area contributed by atoms with Crippen molar-refractivity contribution in [1.82, 2.24) is 5.32 Å². The third kappa shape index (κ3) is 3.61. The average Bonchev–Trinajstić information content (AvgIpc) is 2.48. The second-order valence-electron chi connectivity index (χ2n) is 5.44.